The Labute approximate surface area is 175 Å². The van der Waals surface area contributed by atoms with E-state index in [4.69, 9.17) is 16.3 Å². The summed E-state index contributed by atoms with van der Waals surface area (Å²) < 4.78 is 5.22. The predicted molar refractivity (Wildman–Crippen MR) is 110 cm³/mol. The Balaban J connectivity index is 1.40. The summed E-state index contributed by atoms with van der Waals surface area (Å²) in [7, 11) is 1.57. The Kier molecular flexibility index (Phi) is 5.46. The standard InChI is InChI=1S/C22H24ClN3O3/c1-29-17-2-3-19(23)18(12-17)21(28)25-10-6-22(7-11-25)13-20(27)26(15-22)14-16-4-8-24-9-5-16/h2-5,8-9,12H,6-7,10-11,13-15H2,1H3. The number of ether oxygens (including phenoxy) is 1. The molecule has 7 heteroatoms. The van der Waals surface area contributed by atoms with Crippen LogP contribution in [0.25, 0.3) is 0 Å². The monoisotopic (exact) mass is 413 g/mol. The summed E-state index contributed by atoms with van der Waals surface area (Å²) >= 11 is 6.24. The summed E-state index contributed by atoms with van der Waals surface area (Å²) in [5.74, 6) is 0.721. The molecule has 2 saturated heterocycles. The number of methoxy groups -OCH3 is 1. The van der Waals surface area contributed by atoms with Gasteiger partial charge in [-0.3, -0.25) is 14.6 Å². The molecule has 0 aliphatic carbocycles. The van der Waals surface area contributed by atoms with Crippen molar-refractivity contribution in [2.75, 3.05) is 26.7 Å². The van der Waals surface area contributed by atoms with Crippen LogP contribution in [0, 0.1) is 5.41 Å². The first-order valence-electron chi connectivity index (χ1n) is 9.79. The second-order valence-corrected chi connectivity index (χ2v) is 8.33. The van der Waals surface area contributed by atoms with Crippen LogP contribution in [0.5, 0.6) is 5.75 Å². The van der Waals surface area contributed by atoms with Crippen molar-refractivity contribution in [1.82, 2.24) is 14.8 Å². The van der Waals surface area contributed by atoms with Gasteiger partial charge in [0.15, 0.2) is 0 Å². The van der Waals surface area contributed by atoms with Gasteiger partial charge >= 0.3 is 0 Å². The smallest absolute Gasteiger partial charge is 0.255 e. The predicted octanol–water partition coefficient (Wildman–Crippen LogP) is 3.40. The highest BCUT2D eigenvalue weighted by Crippen LogP contribution is 2.42. The van der Waals surface area contributed by atoms with Gasteiger partial charge in [0.05, 0.1) is 17.7 Å². The van der Waals surface area contributed by atoms with E-state index < -0.39 is 0 Å². The van der Waals surface area contributed by atoms with Gasteiger partial charge in [-0.2, -0.15) is 0 Å². The van der Waals surface area contributed by atoms with Crippen LogP contribution in [-0.4, -0.2) is 53.3 Å². The number of halogens is 1. The Morgan fingerprint density at radius 1 is 1.21 bits per heavy atom. The highest BCUT2D eigenvalue weighted by Gasteiger charge is 2.45. The summed E-state index contributed by atoms with van der Waals surface area (Å²) in [5.41, 5.74) is 1.51. The zero-order valence-electron chi connectivity index (χ0n) is 16.4. The molecular weight excluding hydrogens is 390 g/mol. The average molecular weight is 414 g/mol. The van der Waals surface area contributed by atoms with Crippen LogP contribution in [0.15, 0.2) is 42.7 Å². The molecule has 0 unspecified atom stereocenters. The summed E-state index contributed by atoms with van der Waals surface area (Å²) in [4.78, 5) is 33.4. The van der Waals surface area contributed by atoms with Crippen LogP contribution in [0.2, 0.25) is 5.02 Å². The molecule has 2 fully saturated rings. The lowest BCUT2D eigenvalue weighted by atomic mass is 9.77. The summed E-state index contributed by atoms with van der Waals surface area (Å²) in [6.45, 7) is 2.62. The lowest BCUT2D eigenvalue weighted by Crippen LogP contribution is -2.44. The van der Waals surface area contributed by atoms with Crippen molar-refractivity contribution in [2.24, 2.45) is 5.41 Å². The summed E-state index contributed by atoms with van der Waals surface area (Å²) in [6.07, 6.45) is 5.69. The van der Waals surface area contributed by atoms with Crippen LogP contribution in [-0.2, 0) is 11.3 Å². The van der Waals surface area contributed by atoms with Crippen molar-refractivity contribution in [3.05, 3.63) is 58.9 Å². The van der Waals surface area contributed by atoms with Crippen LogP contribution >= 0.6 is 11.6 Å². The summed E-state index contributed by atoms with van der Waals surface area (Å²) in [6, 6.07) is 9.00. The van der Waals surface area contributed by atoms with Crippen LogP contribution in [0.4, 0.5) is 0 Å². The zero-order chi connectivity index (χ0) is 20.4. The number of nitrogens with zero attached hydrogens (tertiary/aromatic N) is 3. The number of carbonyl (C=O) groups is 2. The second-order valence-electron chi connectivity index (χ2n) is 7.92. The maximum Gasteiger partial charge on any atom is 0.255 e. The highest BCUT2D eigenvalue weighted by molar-refractivity contribution is 6.33. The number of hydrogen-bond acceptors (Lipinski definition) is 4. The number of aromatic nitrogens is 1. The first kappa shape index (κ1) is 19.7. The van der Waals surface area contributed by atoms with Crippen LogP contribution in [0.1, 0.15) is 35.2 Å². The molecule has 0 N–H and O–H groups in total. The van der Waals surface area contributed by atoms with E-state index in [1.165, 1.54) is 0 Å². The lowest BCUT2D eigenvalue weighted by molar-refractivity contribution is -0.128. The number of piperidine rings is 1. The van der Waals surface area contributed by atoms with Crippen molar-refractivity contribution in [3.8, 4) is 5.75 Å². The third-order valence-electron chi connectivity index (χ3n) is 6.04. The van der Waals surface area contributed by atoms with E-state index in [1.54, 1.807) is 37.7 Å². The molecule has 2 aliphatic rings. The van der Waals surface area contributed by atoms with E-state index >= 15 is 0 Å². The molecule has 0 saturated carbocycles. The molecule has 2 amide bonds. The first-order valence-corrected chi connectivity index (χ1v) is 10.2. The topological polar surface area (TPSA) is 62.7 Å². The Morgan fingerprint density at radius 3 is 2.62 bits per heavy atom. The normalized spacial score (nSPS) is 18.3. The molecule has 0 atom stereocenters. The fraction of sp³-hybridized carbons (Fsp3) is 0.409. The van der Waals surface area contributed by atoms with E-state index in [2.05, 4.69) is 4.98 Å². The highest BCUT2D eigenvalue weighted by atomic mass is 35.5. The molecule has 152 valence electrons. The Hall–Kier alpha value is -2.60. The largest absolute Gasteiger partial charge is 0.497 e. The Morgan fingerprint density at radius 2 is 1.93 bits per heavy atom. The van der Waals surface area contributed by atoms with Gasteiger partial charge in [-0.1, -0.05) is 11.6 Å². The number of hydrogen-bond donors (Lipinski definition) is 0. The third-order valence-corrected chi connectivity index (χ3v) is 6.37. The van der Waals surface area contributed by atoms with E-state index in [9.17, 15) is 9.59 Å². The quantitative estimate of drug-likeness (QED) is 0.770. The van der Waals surface area contributed by atoms with Gasteiger partial charge in [-0.15, -0.1) is 0 Å². The number of amides is 2. The molecule has 6 nitrogen and oxygen atoms in total. The SMILES string of the molecule is COc1ccc(Cl)c(C(=O)N2CCC3(CC2)CC(=O)N(Cc2ccncc2)C3)c1. The van der Waals surface area contributed by atoms with Crippen molar-refractivity contribution in [2.45, 2.75) is 25.8 Å². The minimum absolute atomic E-state index is 0.0426. The molecule has 0 bridgehead atoms. The zero-order valence-corrected chi connectivity index (χ0v) is 17.2. The number of pyridine rings is 1. The first-order chi connectivity index (χ1) is 14.0. The number of rotatable bonds is 4. The average Bonchev–Trinajstić information content (AvgIpc) is 3.03. The molecule has 1 spiro atoms. The molecule has 3 heterocycles. The number of benzene rings is 1. The van der Waals surface area contributed by atoms with E-state index in [0.29, 0.717) is 42.4 Å². The number of carbonyl (C=O) groups excluding carboxylic acids is 2. The summed E-state index contributed by atoms with van der Waals surface area (Å²) in [5, 5.41) is 0.427. The van der Waals surface area contributed by atoms with Crippen molar-refractivity contribution in [3.63, 3.8) is 0 Å². The molecular formula is C22H24ClN3O3. The minimum Gasteiger partial charge on any atom is -0.497 e. The fourth-order valence-corrected chi connectivity index (χ4v) is 4.52. The number of likely N-dealkylation sites (tertiary alicyclic amines) is 2. The van der Waals surface area contributed by atoms with Gasteiger partial charge in [-0.05, 0) is 48.7 Å². The van der Waals surface area contributed by atoms with Crippen molar-refractivity contribution in [1.29, 1.82) is 0 Å². The van der Waals surface area contributed by atoms with Crippen LogP contribution in [0.3, 0.4) is 0 Å². The molecule has 1 aromatic heterocycles. The van der Waals surface area contributed by atoms with Gasteiger partial charge < -0.3 is 14.5 Å². The third kappa shape index (κ3) is 4.08. The van der Waals surface area contributed by atoms with E-state index in [0.717, 1.165) is 24.9 Å². The van der Waals surface area contributed by atoms with Gasteiger partial charge in [-0.25, -0.2) is 0 Å². The fourth-order valence-electron chi connectivity index (χ4n) is 4.32. The van der Waals surface area contributed by atoms with Gasteiger partial charge in [0.25, 0.3) is 5.91 Å². The van der Waals surface area contributed by atoms with Crippen LogP contribution < -0.4 is 4.74 Å². The maximum absolute atomic E-state index is 13.0. The maximum atomic E-state index is 13.0. The molecule has 2 aromatic rings. The van der Waals surface area contributed by atoms with Gasteiger partial charge in [0, 0.05) is 50.4 Å². The molecule has 2 aliphatic heterocycles. The molecule has 1 aromatic carbocycles. The second kappa shape index (κ2) is 8.03. The van der Waals surface area contributed by atoms with Crippen molar-refractivity contribution < 1.29 is 14.3 Å². The Bertz CT molecular complexity index is 911. The van der Waals surface area contributed by atoms with Gasteiger partial charge in [0.1, 0.15) is 5.75 Å². The minimum atomic E-state index is -0.0817. The van der Waals surface area contributed by atoms with Gasteiger partial charge in [0.2, 0.25) is 5.91 Å². The lowest BCUT2D eigenvalue weighted by Gasteiger charge is -2.39. The molecule has 0 radical (unpaired) electrons. The van der Waals surface area contributed by atoms with E-state index in [-0.39, 0.29) is 17.2 Å². The van der Waals surface area contributed by atoms with Crippen molar-refractivity contribution >= 4 is 23.4 Å². The molecule has 4 rings (SSSR count). The molecule has 29 heavy (non-hydrogen) atoms. The van der Waals surface area contributed by atoms with E-state index in [1.807, 2.05) is 21.9 Å².